The Balaban J connectivity index is -0.000000403. The van der Waals surface area contributed by atoms with E-state index in [4.69, 9.17) is 5.11 Å². The summed E-state index contributed by atoms with van der Waals surface area (Å²) in [6, 6.07) is 4.29. The maximum absolute atomic E-state index is 10.3. The molecule has 1 rings (SSSR count). The molecule has 6 heteroatoms. The van der Waals surface area contributed by atoms with Crippen LogP contribution in [0, 0.1) is 3.57 Å². The van der Waals surface area contributed by atoms with Crippen LogP contribution in [-0.4, -0.2) is 11.1 Å². The molecule has 0 saturated carbocycles. The summed E-state index contributed by atoms with van der Waals surface area (Å²) in [5, 5.41) is 19.3. The predicted molar refractivity (Wildman–Crippen MR) is 46.3 cm³/mol. The van der Waals surface area contributed by atoms with Crippen LogP contribution in [0.15, 0.2) is 18.2 Å². The second-order valence-electron chi connectivity index (χ2n) is 1.95. The quantitative estimate of drug-likeness (QED) is 0.415. The normalized spacial score (nSPS) is 8.08. The Morgan fingerprint density at radius 2 is 2.08 bits per heavy atom. The number of benzene rings is 1. The molecule has 1 aromatic rings. The molecule has 0 aromatic heterocycles. The van der Waals surface area contributed by atoms with Crippen LogP contribution in [0.5, 0.6) is 5.75 Å². The van der Waals surface area contributed by atoms with Crippen LogP contribution < -0.4 is 53.5 Å². The molecule has 0 atom stereocenters. The molecule has 0 bridgehead atoms. The van der Waals surface area contributed by atoms with Crippen LogP contribution >= 0.6 is 22.6 Å². The fourth-order valence-corrected chi connectivity index (χ4v) is 1.16. The first-order valence-corrected chi connectivity index (χ1v) is 3.89. The smallest absolute Gasteiger partial charge is 1.00 e. The van der Waals surface area contributed by atoms with Crippen LogP contribution in [0.1, 0.15) is 11.8 Å². The molecule has 0 radical (unpaired) electrons. The summed E-state index contributed by atoms with van der Waals surface area (Å²) >= 11 is 1.95. The molecular weight excluding hydrogens is 289 g/mol. The number of carboxylic acids is 1. The second kappa shape index (κ2) is 7.15. The van der Waals surface area contributed by atoms with Gasteiger partial charge in [-0.1, -0.05) is 0 Å². The van der Waals surface area contributed by atoms with E-state index < -0.39 is 5.97 Å². The number of hydrogen-bond donors (Lipinski definition) is 1. The monoisotopic (exact) mass is 294 g/mol. The Morgan fingerprint density at radius 3 is 2.46 bits per heavy atom. The minimum absolute atomic E-state index is 0. The van der Waals surface area contributed by atoms with E-state index in [0.717, 1.165) is 3.57 Å². The standard InChI is InChI=1S/C7H5IO3.Li.Na.H/c8-4-1-2-6(9)5(3-4)7(10)11;;;/h1-3,9H,(H,10,11);;;/q;2*+1;-1/p-1. The molecule has 1 N–H and O–H groups in total. The summed E-state index contributed by atoms with van der Waals surface area (Å²) in [6.07, 6.45) is 0. The van der Waals surface area contributed by atoms with Gasteiger partial charge in [0, 0.05) is 9.13 Å². The number of rotatable bonds is 1. The molecule has 1 aromatic carbocycles. The van der Waals surface area contributed by atoms with Gasteiger partial charge in [0.2, 0.25) is 0 Å². The third-order valence-corrected chi connectivity index (χ3v) is 1.85. The van der Waals surface area contributed by atoms with Crippen LogP contribution in [0.2, 0.25) is 0 Å². The fourth-order valence-electron chi connectivity index (χ4n) is 0.672. The number of carboxylic acid groups (broad SMARTS) is 1. The number of carbonyl (C=O) groups excluding carboxylic acids is 1. The van der Waals surface area contributed by atoms with Gasteiger partial charge >= 0.3 is 48.4 Å². The minimum Gasteiger partial charge on any atom is -1.00 e. The number of aromatic carboxylic acids is 1. The van der Waals surface area contributed by atoms with Crippen molar-refractivity contribution in [2.75, 3.05) is 0 Å². The van der Waals surface area contributed by atoms with Crippen LogP contribution in [-0.2, 0) is 0 Å². The van der Waals surface area contributed by atoms with Gasteiger partial charge in [-0.2, -0.15) is 0 Å². The van der Waals surface area contributed by atoms with E-state index in [0.29, 0.717) is 0 Å². The van der Waals surface area contributed by atoms with E-state index >= 15 is 0 Å². The van der Waals surface area contributed by atoms with Gasteiger partial charge in [-0.3, -0.25) is 0 Å². The Morgan fingerprint density at radius 1 is 1.54 bits per heavy atom. The third kappa shape index (κ3) is 4.72. The van der Waals surface area contributed by atoms with Crippen molar-refractivity contribution in [2.24, 2.45) is 0 Å². The molecule has 60 valence electrons. The van der Waals surface area contributed by atoms with Gasteiger partial charge in [-0.15, -0.1) is 0 Å². The van der Waals surface area contributed by atoms with Gasteiger partial charge in [0.1, 0.15) is 5.75 Å². The average molecular weight is 294 g/mol. The molecule has 13 heavy (non-hydrogen) atoms. The van der Waals surface area contributed by atoms with Crippen molar-refractivity contribution in [1.82, 2.24) is 0 Å². The molecule has 0 aliphatic rings. The van der Waals surface area contributed by atoms with Crippen molar-refractivity contribution in [3.8, 4) is 5.75 Å². The third-order valence-electron chi connectivity index (χ3n) is 1.18. The topological polar surface area (TPSA) is 60.4 Å². The molecule has 0 spiro atoms. The predicted octanol–water partition coefficient (Wildman–Crippen LogP) is -5.52. The van der Waals surface area contributed by atoms with Gasteiger partial charge in [-0.25, -0.2) is 0 Å². The molecule has 0 saturated heterocycles. The first-order valence-electron chi connectivity index (χ1n) is 2.81. The summed E-state index contributed by atoms with van der Waals surface area (Å²) in [4.78, 5) is 10.3. The average Bonchev–Trinajstić information content (AvgIpc) is 1.94. The summed E-state index contributed by atoms with van der Waals surface area (Å²) in [6.45, 7) is 0. The van der Waals surface area contributed by atoms with Crippen molar-refractivity contribution in [2.45, 2.75) is 0 Å². The number of carbonyl (C=O) groups is 1. The molecule has 0 amide bonds. The molecule has 0 aliphatic carbocycles. The molecule has 3 nitrogen and oxygen atoms in total. The van der Waals surface area contributed by atoms with Gasteiger partial charge < -0.3 is 16.4 Å². The van der Waals surface area contributed by atoms with Crippen molar-refractivity contribution in [3.05, 3.63) is 27.3 Å². The van der Waals surface area contributed by atoms with E-state index in [-0.39, 0.29) is 61.2 Å². The summed E-state index contributed by atoms with van der Waals surface area (Å²) in [5.41, 5.74) is -0.170. The van der Waals surface area contributed by atoms with Crippen molar-refractivity contribution in [1.29, 1.82) is 0 Å². The maximum atomic E-state index is 10.3. The largest absolute Gasteiger partial charge is 1.00 e. The van der Waals surface area contributed by atoms with Gasteiger partial charge in [-0.05, 0) is 40.8 Å². The van der Waals surface area contributed by atoms with E-state index in [1.54, 1.807) is 6.07 Å². The van der Waals surface area contributed by atoms with E-state index in [1.807, 2.05) is 22.6 Å². The van der Waals surface area contributed by atoms with E-state index in [9.17, 15) is 9.90 Å². The number of phenols is 1. The van der Waals surface area contributed by atoms with Gasteiger partial charge in [0.25, 0.3) is 0 Å². The molecule has 0 fully saturated rings. The Kier molecular flexibility index (Phi) is 8.95. The van der Waals surface area contributed by atoms with Crippen LogP contribution in [0.25, 0.3) is 0 Å². The molecular formula is C7H5ILiNaO3. The van der Waals surface area contributed by atoms with Crippen molar-refractivity contribution in [3.63, 3.8) is 0 Å². The zero-order chi connectivity index (χ0) is 8.43. The maximum Gasteiger partial charge on any atom is 1.00 e. The van der Waals surface area contributed by atoms with Crippen LogP contribution in [0.3, 0.4) is 0 Å². The summed E-state index contributed by atoms with van der Waals surface area (Å²) in [5.74, 6) is -1.62. The minimum atomic E-state index is -1.36. The summed E-state index contributed by atoms with van der Waals surface area (Å²) in [7, 11) is 0. The first-order chi connectivity index (χ1) is 5.11. The second-order valence-corrected chi connectivity index (χ2v) is 3.19. The van der Waals surface area contributed by atoms with Crippen molar-refractivity contribution >= 4 is 28.6 Å². The number of hydrogen-bond acceptors (Lipinski definition) is 3. The molecule has 0 aliphatic heterocycles. The van der Waals surface area contributed by atoms with Crippen molar-refractivity contribution < 1.29 is 64.9 Å². The fraction of sp³-hybridized carbons (Fsp3) is 0. The Labute approximate surface area is 125 Å². The van der Waals surface area contributed by atoms with Crippen LogP contribution in [0.4, 0.5) is 0 Å². The van der Waals surface area contributed by atoms with Gasteiger partial charge in [0.15, 0.2) is 0 Å². The molecule has 0 unspecified atom stereocenters. The first kappa shape index (κ1) is 16.3. The SMILES string of the molecule is O=C([O-])c1cc(I)ccc1O.[H-].[Li+].[Na+]. The molecule has 0 heterocycles. The number of halogens is 1. The zero-order valence-corrected chi connectivity index (χ0v) is 11.5. The van der Waals surface area contributed by atoms with E-state index in [1.165, 1.54) is 12.1 Å². The zero-order valence-electron chi connectivity index (χ0n) is 8.37. The Hall–Kier alpha value is 0.817. The van der Waals surface area contributed by atoms with E-state index in [2.05, 4.69) is 0 Å². The number of aromatic hydroxyl groups is 1. The van der Waals surface area contributed by atoms with Gasteiger partial charge in [0.05, 0.1) is 5.97 Å². The Bertz CT molecular complexity index is 311. The summed E-state index contributed by atoms with van der Waals surface area (Å²) < 4.78 is 0.750.